The monoisotopic (exact) mass is 411 g/mol. The fraction of sp³-hybridized carbons (Fsp3) is 0.118. The molecule has 0 aliphatic rings. The number of benzene rings is 2. The van der Waals surface area contributed by atoms with Gasteiger partial charge in [0.2, 0.25) is 0 Å². The molecule has 2 aromatic carbocycles. The fourth-order valence-corrected chi connectivity index (χ4v) is 2.59. The van der Waals surface area contributed by atoms with Gasteiger partial charge in [-0.15, -0.1) is 0 Å². The topological polar surface area (TPSA) is 83.0 Å². The third-order valence-electron chi connectivity index (χ3n) is 3.08. The number of anilines is 1. The Bertz CT molecular complexity index is 842. The number of nitrogens with one attached hydrogen (secondary N) is 2. The largest absolute Gasteiger partial charge is 0.506 e. The molecule has 136 valence electrons. The smallest absolute Gasteiger partial charge is 0.338 e. The molecule has 0 radical (unpaired) electrons. The second kappa shape index (κ2) is 9.38. The summed E-state index contributed by atoms with van der Waals surface area (Å²) < 4.78 is 4.91. The van der Waals surface area contributed by atoms with Gasteiger partial charge in [-0.2, -0.15) is 5.10 Å². The number of phenols is 1. The van der Waals surface area contributed by atoms with E-state index in [0.29, 0.717) is 28.4 Å². The van der Waals surface area contributed by atoms with Crippen LogP contribution in [-0.2, 0) is 4.74 Å². The van der Waals surface area contributed by atoms with Crippen LogP contribution >= 0.6 is 35.4 Å². The van der Waals surface area contributed by atoms with Gasteiger partial charge >= 0.3 is 5.97 Å². The third-order valence-corrected chi connectivity index (χ3v) is 3.78. The van der Waals surface area contributed by atoms with Crippen LogP contribution in [-0.4, -0.2) is 29.0 Å². The number of carbonyl (C=O) groups is 1. The van der Waals surface area contributed by atoms with Crippen molar-refractivity contribution >= 4 is 58.4 Å². The average Bonchev–Trinajstić information content (AvgIpc) is 2.60. The number of aromatic hydroxyl groups is 1. The summed E-state index contributed by atoms with van der Waals surface area (Å²) in [5, 5.41) is 17.4. The minimum Gasteiger partial charge on any atom is -0.506 e. The molecule has 0 heterocycles. The van der Waals surface area contributed by atoms with Gasteiger partial charge in [-0.05, 0) is 55.5 Å². The Morgan fingerprint density at radius 3 is 2.65 bits per heavy atom. The number of esters is 1. The lowest BCUT2D eigenvalue weighted by Gasteiger charge is -2.08. The number of thiocarbonyl (C=S) groups is 1. The number of hydrogen-bond donors (Lipinski definition) is 3. The van der Waals surface area contributed by atoms with Crippen molar-refractivity contribution in [3.63, 3.8) is 0 Å². The Hall–Kier alpha value is -2.35. The minimum atomic E-state index is -0.385. The SMILES string of the molecule is CCOC(=O)c1ccc(NC(=S)N/N=C/c2cc(Cl)cc(Cl)c2O)cc1. The molecule has 0 spiro atoms. The van der Waals surface area contributed by atoms with Crippen LogP contribution in [0.2, 0.25) is 10.0 Å². The molecule has 0 bridgehead atoms. The van der Waals surface area contributed by atoms with Crippen LogP contribution in [0.4, 0.5) is 5.69 Å². The number of ether oxygens (including phenoxy) is 1. The number of hydrazone groups is 1. The molecule has 0 saturated carbocycles. The van der Waals surface area contributed by atoms with Crippen molar-refractivity contribution in [2.45, 2.75) is 6.92 Å². The van der Waals surface area contributed by atoms with Gasteiger partial charge in [0.05, 0.1) is 23.4 Å². The third kappa shape index (κ3) is 5.59. The van der Waals surface area contributed by atoms with E-state index in [4.69, 9.17) is 40.2 Å². The summed E-state index contributed by atoms with van der Waals surface area (Å²) in [5.41, 5.74) is 4.06. The zero-order chi connectivity index (χ0) is 19.1. The molecule has 0 fully saturated rings. The highest BCUT2D eigenvalue weighted by Gasteiger charge is 2.07. The molecule has 26 heavy (non-hydrogen) atoms. The van der Waals surface area contributed by atoms with Crippen molar-refractivity contribution in [2.75, 3.05) is 11.9 Å². The Morgan fingerprint density at radius 1 is 1.31 bits per heavy atom. The maximum absolute atomic E-state index is 11.6. The summed E-state index contributed by atoms with van der Waals surface area (Å²) >= 11 is 16.8. The first kappa shape index (κ1) is 20.0. The van der Waals surface area contributed by atoms with E-state index < -0.39 is 0 Å². The van der Waals surface area contributed by atoms with Crippen molar-refractivity contribution < 1.29 is 14.6 Å². The highest BCUT2D eigenvalue weighted by molar-refractivity contribution is 7.80. The summed E-state index contributed by atoms with van der Waals surface area (Å²) in [7, 11) is 0. The number of rotatable bonds is 5. The summed E-state index contributed by atoms with van der Waals surface area (Å²) in [6.45, 7) is 2.06. The first-order valence-corrected chi connectivity index (χ1v) is 8.62. The molecule has 2 rings (SSSR count). The number of nitrogens with zero attached hydrogens (tertiary/aromatic N) is 1. The zero-order valence-electron chi connectivity index (χ0n) is 13.6. The van der Waals surface area contributed by atoms with Crippen LogP contribution in [0.25, 0.3) is 0 Å². The maximum atomic E-state index is 11.6. The van der Waals surface area contributed by atoms with E-state index in [1.54, 1.807) is 31.2 Å². The number of halogens is 2. The second-order valence-corrected chi connectivity index (χ2v) is 6.20. The Balaban J connectivity index is 1.94. The standard InChI is InChI=1S/C17H15Cl2N3O3S/c1-2-25-16(24)10-3-5-13(6-4-10)21-17(26)22-20-9-11-7-12(18)8-14(19)15(11)23/h3-9,23H,2H2,1H3,(H2,21,22,26)/b20-9+. The van der Waals surface area contributed by atoms with Crippen LogP contribution in [0.3, 0.4) is 0 Å². The highest BCUT2D eigenvalue weighted by Crippen LogP contribution is 2.29. The van der Waals surface area contributed by atoms with E-state index in [9.17, 15) is 9.90 Å². The zero-order valence-corrected chi connectivity index (χ0v) is 16.0. The number of hydrogen-bond acceptors (Lipinski definition) is 5. The van der Waals surface area contributed by atoms with E-state index in [-0.39, 0.29) is 21.9 Å². The van der Waals surface area contributed by atoms with Crippen molar-refractivity contribution in [1.29, 1.82) is 0 Å². The molecule has 0 saturated heterocycles. The normalized spacial score (nSPS) is 10.6. The quantitative estimate of drug-likeness (QED) is 0.296. The maximum Gasteiger partial charge on any atom is 0.338 e. The van der Waals surface area contributed by atoms with Gasteiger partial charge in [0.15, 0.2) is 5.11 Å². The molecular formula is C17H15Cl2N3O3S. The molecule has 0 aliphatic heterocycles. The van der Waals surface area contributed by atoms with Crippen LogP contribution in [0.1, 0.15) is 22.8 Å². The van der Waals surface area contributed by atoms with E-state index in [1.807, 2.05) is 0 Å². The summed E-state index contributed by atoms with van der Waals surface area (Å²) in [6, 6.07) is 9.56. The van der Waals surface area contributed by atoms with E-state index in [1.165, 1.54) is 18.3 Å². The van der Waals surface area contributed by atoms with Gasteiger partial charge in [0.1, 0.15) is 5.75 Å². The van der Waals surface area contributed by atoms with Crippen molar-refractivity contribution in [3.05, 3.63) is 57.6 Å². The molecule has 0 aliphatic carbocycles. The van der Waals surface area contributed by atoms with E-state index in [2.05, 4.69) is 15.8 Å². The van der Waals surface area contributed by atoms with Crippen molar-refractivity contribution in [2.24, 2.45) is 5.10 Å². The van der Waals surface area contributed by atoms with Gasteiger partial charge in [0, 0.05) is 16.3 Å². The van der Waals surface area contributed by atoms with Gasteiger partial charge in [-0.1, -0.05) is 23.2 Å². The van der Waals surface area contributed by atoms with E-state index in [0.717, 1.165) is 0 Å². The van der Waals surface area contributed by atoms with Gasteiger partial charge in [0.25, 0.3) is 0 Å². The molecule has 0 aromatic heterocycles. The molecule has 0 amide bonds. The van der Waals surface area contributed by atoms with Gasteiger partial charge in [-0.25, -0.2) is 4.79 Å². The first-order valence-electron chi connectivity index (χ1n) is 7.46. The minimum absolute atomic E-state index is 0.126. The summed E-state index contributed by atoms with van der Waals surface area (Å²) in [6.07, 6.45) is 1.34. The van der Waals surface area contributed by atoms with Crippen molar-refractivity contribution in [3.8, 4) is 5.75 Å². The van der Waals surface area contributed by atoms with Gasteiger partial charge in [-0.3, -0.25) is 5.43 Å². The number of carbonyl (C=O) groups excluding carboxylic acids is 1. The second-order valence-electron chi connectivity index (χ2n) is 4.95. The molecule has 3 N–H and O–H groups in total. The lowest BCUT2D eigenvalue weighted by Crippen LogP contribution is -2.23. The predicted octanol–water partition coefficient (Wildman–Crippen LogP) is 4.20. The Kier molecular flexibility index (Phi) is 7.20. The Labute approximate surface area is 165 Å². The van der Waals surface area contributed by atoms with Crippen molar-refractivity contribution in [1.82, 2.24) is 5.43 Å². The van der Waals surface area contributed by atoms with Gasteiger partial charge < -0.3 is 15.2 Å². The van der Waals surface area contributed by atoms with E-state index >= 15 is 0 Å². The van der Waals surface area contributed by atoms with Crippen LogP contribution in [0.5, 0.6) is 5.75 Å². The first-order chi connectivity index (χ1) is 12.4. The van der Waals surface area contributed by atoms with Crippen LogP contribution in [0, 0.1) is 0 Å². The molecule has 2 aromatic rings. The summed E-state index contributed by atoms with van der Waals surface area (Å²) in [4.78, 5) is 11.6. The predicted molar refractivity (Wildman–Crippen MR) is 107 cm³/mol. The Morgan fingerprint density at radius 2 is 2.00 bits per heavy atom. The molecule has 9 heteroatoms. The summed E-state index contributed by atoms with van der Waals surface area (Å²) in [5.74, 6) is -0.514. The molecule has 0 atom stereocenters. The lowest BCUT2D eigenvalue weighted by atomic mass is 10.2. The van der Waals surface area contributed by atoms with Crippen LogP contribution < -0.4 is 10.7 Å². The molecular weight excluding hydrogens is 397 g/mol. The highest BCUT2D eigenvalue weighted by atomic mass is 35.5. The molecule has 6 nitrogen and oxygen atoms in total. The molecule has 0 unspecified atom stereocenters. The fourth-order valence-electron chi connectivity index (χ4n) is 1.91. The lowest BCUT2D eigenvalue weighted by molar-refractivity contribution is 0.0526. The number of phenolic OH excluding ortho intramolecular Hbond substituents is 1. The van der Waals surface area contributed by atoms with Crippen LogP contribution in [0.15, 0.2) is 41.5 Å². The average molecular weight is 412 g/mol.